The minimum atomic E-state index is 0.478. The van der Waals surface area contributed by atoms with E-state index in [0.29, 0.717) is 23.6 Å². The van der Waals surface area contributed by atoms with Crippen molar-refractivity contribution in [1.82, 2.24) is 15.3 Å². The monoisotopic (exact) mass is 476 g/mol. The summed E-state index contributed by atoms with van der Waals surface area (Å²) >= 11 is 5.57. The summed E-state index contributed by atoms with van der Waals surface area (Å²) in [4.78, 5) is 14.4. The highest BCUT2D eigenvalue weighted by Crippen LogP contribution is 2.28. The highest BCUT2D eigenvalue weighted by molar-refractivity contribution is 7.80. The van der Waals surface area contributed by atoms with Crippen LogP contribution in [-0.2, 0) is 6.54 Å². The molecule has 0 saturated carbocycles. The van der Waals surface area contributed by atoms with Crippen LogP contribution in [0.3, 0.4) is 0 Å². The molecule has 34 heavy (non-hydrogen) atoms. The van der Waals surface area contributed by atoms with Crippen LogP contribution in [-0.4, -0.2) is 40.8 Å². The summed E-state index contributed by atoms with van der Waals surface area (Å²) in [5.74, 6) is 4.16. The van der Waals surface area contributed by atoms with E-state index in [4.69, 9.17) is 26.6 Å². The summed E-state index contributed by atoms with van der Waals surface area (Å²) in [7, 11) is 0. The number of nitrogens with one attached hydrogen (secondary N) is 2. The molecule has 1 atom stereocenters. The van der Waals surface area contributed by atoms with Gasteiger partial charge in [0.05, 0.1) is 6.54 Å². The molecule has 3 aromatic rings. The molecule has 8 heteroatoms. The Balaban J connectivity index is 1.27. The Labute approximate surface area is 206 Å². The molecule has 2 aliphatic rings. The molecule has 5 rings (SSSR count). The van der Waals surface area contributed by atoms with Crippen LogP contribution in [0.25, 0.3) is 11.3 Å². The van der Waals surface area contributed by atoms with Gasteiger partial charge in [-0.25, -0.2) is 0 Å². The Kier molecular flexibility index (Phi) is 6.94. The van der Waals surface area contributed by atoms with Crippen molar-refractivity contribution in [3.63, 3.8) is 0 Å². The Morgan fingerprint density at radius 3 is 2.56 bits per heavy atom. The lowest BCUT2D eigenvalue weighted by molar-refractivity contribution is 0.481. The third-order valence-electron chi connectivity index (χ3n) is 6.59. The van der Waals surface area contributed by atoms with Crippen molar-refractivity contribution in [2.75, 3.05) is 34.8 Å². The maximum atomic E-state index is 5.97. The molecule has 2 aliphatic heterocycles. The van der Waals surface area contributed by atoms with Gasteiger partial charge in [0, 0.05) is 37.3 Å². The number of aromatic nitrogens is 2. The SMILES string of the molecule is CC1CCCCN1c1cc(N2CCCC2)nc(NC(=S)NCc2ccc(-c3ccccc3)o2)n1. The van der Waals surface area contributed by atoms with Gasteiger partial charge in [-0.15, -0.1) is 0 Å². The van der Waals surface area contributed by atoms with E-state index < -0.39 is 0 Å². The standard InChI is InChI=1S/C26H32N6OS/c1-19-9-5-6-16-32(19)24-17-23(31-14-7-8-15-31)28-25(29-24)30-26(34)27-18-21-12-13-22(33-21)20-10-3-2-4-11-20/h2-4,10-13,17,19H,5-9,14-16,18H2,1H3,(H2,27,28,29,30,34). The minimum absolute atomic E-state index is 0.478. The van der Waals surface area contributed by atoms with Crippen LogP contribution in [0.2, 0.25) is 0 Å². The fourth-order valence-corrected chi connectivity index (χ4v) is 4.88. The number of piperidine rings is 1. The van der Waals surface area contributed by atoms with Gasteiger partial charge in [0.15, 0.2) is 5.11 Å². The van der Waals surface area contributed by atoms with Crippen LogP contribution in [0.5, 0.6) is 0 Å². The number of hydrogen-bond donors (Lipinski definition) is 2. The Bertz CT molecular complexity index is 1110. The number of benzene rings is 1. The Morgan fingerprint density at radius 2 is 1.76 bits per heavy atom. The van der Waals surface area contributed by atoms with Gasteiger partial charge in [-0.1, -0.05) is 30.3 Å². The number of furan rings is 1. The predicted molar refractivity (Wildman–Crippen MR) is 141 cm³/mol. The highest BCUT2D eigenvalue weighted by Gasteiger charge is 2.23. The average Bonchev–Trinajstić information content (AvgIpc) is 3.56. The van der Waals surface area contributed by atoms with Gasteiger partial charge < -0.3 is 24.9 Å². The molecule has 2 aromatic heterocycles. The largest absolute Gasteiger partial charge is 0.459 e. The van der Waals surface area contributed by atoms with Crippen LogP contribution in [0.15, 0.2) is 52.9 Å². The van der Waals surface area contributed by atoms with Crippen molar-refractivity contribution in [3.05, 3.63) is 54.3 Å². The summed E-state index contributed by atoms with van der Waals surface area (Å²) in [6, 6.07) is 16.6. The van der Waals surface area contributed by atoms with Gasteiger partial charge in [-0.2, -0.15) is 9.97 Å². The highest BCUT2D eigenvalue weighted by atomic mass is 32.1. The Morgan fingerprint density at radius 1 is 1.00 bits per heavy atom. The van der Waals surface area contributed by atoms with Crippen molar-refractivity contribution in [3.8, 4) is 11.3 Å². The summed E-state index contributed by atoms with van der Waals surface area (Å²) in [5.41, 5.74) is 1.06. The van der Waals surface area contributed by atoms with E-state index in [-0.39, 0.29) is 0 Å². The quantitative estimate of drug-likeness (QED) is 0.471. The molecule has 4 heterocycles. The van der Waals surface area contributed by atoms with Crippen molar-refractivity contribution in [1.29, 1.82) is 0 Å². The van der Waals surface area contributed by atoms with Gasteiger partial charge >= 0.3 is 0 Å². The third kappa shape index (κ3) is 5.33. The van der Waals surface area contributed by atoms with Crippen molar-refractivity contribution < 1.29 is 4.42 Å². The first-order valence-corrected chi connectivity index (χ1v) is 12.7. The molecule has 0 radical (unpaired) electrons. The molecule has 2 N–H and O–H groups in total. The second kappa shape index (κ2) is 10.4. The molecule has 0 aliphatic carbocycles. The zero-order chi connectivity index (χ0) is 23.3. The second-order valence-corrected chi connectivity index (χ2v) is 9.49. The molecule has 2 saturated heterocycles. The molecule has 178 valence electrons. The smallest absolute Gasteiger partial charge is 0.232 e. The van der Waals surface area contributed by atoms with E-state index in [1.54, 1.807) is 0 Å². The topological polar surface area (TPSA) is 69.5 Å². The molecule has 1 aromatic carbocycles. The number of anilines is 3. The molecule has 7 nitrogen and oxygen atoms in total. The molecule has 0 spiro atoms. The predicted octanol–water partition coefficient (Wildman–Crippen LogP) is 5.20. The van der Waals surface area contributed by atoms with E-state index in [2.05, 4.69) is 33.4 Å². The molecular weight excluding hydrogens is 444 g/mol. The average molecular weight is 477 g/mol. The first kappa shape index (κ1) is 22.7. The molecule has 2 fully saturated rings. The number of hydrogen-bond acceptors (Lipinski definition) is 6. The van der Waals surface area contributed by atoms with Gasteiger partial charge in [0.2, 0.25) is 5.95 Å². The van der Waals surface area contributed by atoms with Crippen molar-refractivity contribution in [2.24, 2.45) is 0 Å². The van der Waals surface area contributed by atoms with E-state index in [0.717, 1.165) is 48.4 Å². The van der Waals surface area contributed by atoms with Crippen LogP contribution in [0.4, 0.5) is 17.6 Å². The molecule has 0 bridgehead atoms. The lowest BCUT2D eigenvalue weighted by Gasteiger charge is -2.35. The van der Waals surface area contributed by atoms with Crippen LogP contribution in [0.1, 0.15) is 44.8 Å². The molecule has 1 unspecified atom stereocenters. The van der Waals surface area contributed by atoms with E-state index >= 15 is 0 Å². The van der Waals surface area contributed by atoms with E-state index in [9.17, 15) is 0 Å². The summed E-state index contributed by atoms with van der Waals surface area (Å²) in [5, 5.41) is 6.92. The summed E-state index contributed by atoms with van der Waals surface area (Å²) in [6.45, 7) is 5.87. The van der Waals surface area contributed by atoms with Crippen LogP contribution < -0.4 is 20.4 Å². The first-order chi connectivity index (χ1) is 16.7. The summed E-state index contributed by atoms with van der Waals surface area (Å²) < 4.78 is 5.97. The zero-order valence-electron chi connectivity index (χ0n) is 19.7. The van der Waals surface area contributed by atoms with E-state index in [1.807, 2.05) is 42.5 Å². The fraction of sp³-hybridized carbons (Fsp3) is 0.423. The van der Waals surface area contributed by atoms with E-state index in [1.165, 1.54) is 32.1 Å². The fourth-order valence-electron chi connectivity index (χ4n) is 4.72. The second-order valence-electron chi connectivity index (χ2n) is 9.08. The van der Waals surface area contributed by atoms with Gasteiger partial charge in [-0.05, 0) is 63.4 Å². The molecule has 0 amide bonds. The van der Waals surface area contributed by atoms with Crippen LogP contribution in [0, 0.1) is 0 Å². The lowest BCUT2D eigenvalue weighted by atomic mass is 10.0. The minimum Gasteiger partial charge on any atom is -0.459 e. The zero-order valence-corrected chi connectivity index (χ0v) is 20.5. The summed E-state index contributed by atoms with van der Waals surface area (Å²) in [6.07, 6.45) is 6.08. The maximum Gasteiger partial charge on any atom is 0.232 e. The van der Waals surface area contributed by atoms with Crippen LogP contribution >= 0.6 is 12.2 Å². The normalized spacial score (nSPS) is 18.2. The van der Waals surface area contributed by atoms with Gasteiger partial charge in [0.1, 0.15) is 23.2 Å². The van der Waals surface area contributed by atoms with Crippen molar-refractivity contribution in [2.45, 2.75) is 51.6 Å². The maximum absolute atomic E-state index is 5.97. The number of nitrogens with zero attached hydrogens (tertiary/aromatic N) is 4. The number of rotatable bonds is 6. The number of thiocarbonyl (C=S) groups is 1. The Hall–Kier alpha value is -3.13. The molecular formula is C26H32N6OS. The third-order valence-corrected chi connectivity index (χ3v) is 6.84. The van der Waals surface area contributed by atoms with Gasteiger partial charge in [0.25, 0.3) is 0 Å². The lowest BCUT2D eigenvalue weighted by Crippen LogP contribution is -2.38. The first-order valence-electron chi connectivity index (χ1n) is 12.3. The van der Waals surface area contributed by atoms with Gasteiger partial charge in [-0.3, -0.25) is 0 Å². The van der Waals surface area contributed by atoms with Crippen molar-refractivity contribution >= 4 is 34.9 Å².